The third-order valence-electron chi connectivity index (χ3n) is 5.56. The Balaban J connectivity index is 1.54. The standard InChI is InChI=1S/C20H30N2O4/c1-4-10-22-12-9-20(19(22)23)8-11-21(15-20)13-14-26-18-16(24-2)6-5-7-17(18)25-3/h5-7H,4,8-15H2,1-3H3. The number of benzene rings is 1. The van der Waals surface area contributed by atoms with E-state index in [4.69, 9.17) is 14.2 Å². The molecule has 2 aliphatic rings. The van der Waals surface area contributed by atoms with Crippen molar-refractivity contribution < 1.29 is 19.0 Å². The lowest BCUT2D eigenvalue weighted by Gasteiger charge is -2.23. The summed E-state index contributed by atoms with van der Waals surface area (Å²) >= 11 is 0. The van der Waals surface area contributed by atoms with E-state index in [-0.39, 0.29) is 5.41 Å². The van der Waals surface area contributed by atoms with Gasteiger partial charge in [-0.2, -0.15) is 0 Å². The Morgan fingerprint density at radius 2 is 1.77 bits per heavy atom. The first kappa shape index (κ1) is 18.8. The minimum atomic E-state index is -0.155. The topological polar surface area (TPSA) is 51.2 Å². The van der Waals surface area contributed by atoms with Crippen LogP contribution in [0.4, 0.5) is 0 Å². The van der Waals surface area contributed by atoms with Gasteiger partial charge in [0.25, 0.3) is 0 Å². The number of para-hydroxylation sites is 1. The van der Waals surface area contributed by atoms with Gasteiger partial charge in [0, 0.05) is 26.2 Å². The van der Waals surface area contributed by atoms with Gasteiger partial charge in [-0.15, -0.1) is 0 Å². The molecule has 1 unspecified atom stereocenters. The minimum absolute atomic E-state index is 0.155. The van der Waals surface area contributed by atoms with Crippen molar-refractivity contribution in [2.24, 2.45) is 5.41 Å². The van der Waals surface area contributed by atoms with E-state index in [9.17, 15) is 4.79 Å². The molecule has 0 bridgehead atoms. The number of hydrogen-bond donors (Lipinski definition) is 0. The first-order valence-electron chi connectivity index (χ1n) is 9.49. The second-order valence-electron chi connectivity index (χ2n) is 7.19. The molecule has 3 rings (SSSR count). The number of amides is 1. The normalized spacial score (nSPS) is 23.0. The van der Waals surface area contributed by atoms with Crippen molar-refractivity contribution >= 4 is 5.91 Å². The second kappa shape index (κ2) is 8.16. The van der Waals surface area contributed by atoms with Crippen LogP contribution in [0.15, 0.2) is 18.2 Å². The number of ether oxygens (including phenoxy) is 3. The fraction of sp³-hybridized carbons (Fsp3) is 0.650. The lowest BCUT2D eigenvalue weighted by Crippen LogP contribution is -2.37. The summed E-state index contributed by atoms with van der Waals surface area (Å²) in [6, 6.07) is 5.60. The number of carbonyl (C=O) groups is 1. The Bertz CT molecular complexity index is 614. The van der Waals surface area contributed by atoms with E-state index in [1.807, 2.05) is 23.1 Å². The highest BCUT2D eigenvalue weighted by Gasteiger charge is 2.50. The van der Waals surface area contributed by atoms with Gasteiger partial charge in [-0.05, 0) is 37.9 Å². The summed E-state index contributed by atoms with van der Waals surface area (Å²) in [4.78, 5) is 17.1. The number of hydrogen-bond acceptors (Lipinski definition) is 5. The van der Waals surface area contributed by atoms with Crippen LogP contribution in [0.3, 0.4) is 0 Å². The van der Waals surface area contributed by atoms with Crippen molar-refractivity contribution in [1.29, 1.82) is 0 Å². The largest absolute Gasteiger partial charge is 0.493 e. The molecular formula is C20H30N2O4. The Morgan fingerprint density at radius 1 is 1.08 bits per heavy atom. The van der Waals surface area contributed by atoms with Gasteiger partial charge >= 0.3 is 0 Å². The average Bonchev–Trinajstić information content (AvgIpc) is 3.21. The van der Waals surface area contributed by atoms with Crippen LogP contribution in [0, 0.1) is 5.41 Å². The summed E-state index contributed by atoms with van der Waals surface area (Å²) in [6.45, 7) is 7.07. The van der Waals surface area contributed by atoms with Crippen molar-refractivity contribution in [3.63, 3.8) is 0 Å². The van der Waals surface area contributed by atoms with E-state index in [0.717, 1.165) is 52.0 Å². The van der Waals surface area contributed by atoms with E-state index in [2.05, 4.69) is 11.8 Å². The second-order valence-corrected chi connectivity index (χ2v) is 7.19. The van der Waals surface area contributed by atoms with E-state index >= 15 is 0 Å². The lowest BCUT2D eigenvalue weighted by molar-refractivity contribution is -0.135. The van der Waals surface area contributed by atoms with Gasteiger partial charge in [0.05, 0.1) is 19.6 Å². The Morgan fingerprint density at radius 3 is 2.42 bits per heavy atom. The van der Waals surface area contributed by atoms with Gasteiger partial charge < -0.3 is 19.1 Å². The molecule has 1 atom stereocenters. The van der Waals surface area contributed by atoms with Gasteiger partial charge in [-0.1, -0.05) is 13.0 Å². The van der Waals surface area contributed by atoms with Gasteiger partial charge in [0.15, 0.2) is 11.5 Å². The predicted molar refractivity (Wildman–Crippen MR) is 100 cm³/mol. The molecule has 26 heavy (non-hydrogen) atoms. The highest BCUT2D eigenvalue weighted by molar-refractivity contribution is 5.85. The number of carbonyl (C=O) groups excluding carboxylic acids is 1. The molecule has 0 N–H and O–H groups in total. The van der Waals surface area contributed by atoms with Crippen molar-refractivity contribution in [2.75, 3.05) is 53.6 Å². The minimum Gasteiger partial charge on any atom is -0.493 e. The molecular weight excluding hydrogens is 332 g/mol. The Labute approximate surface area is 156 Å². The van der Waals surface area contributed by atoms with Crippen molar-refractivity contribution in [3.05, 3.63) is 18.2 Å². The van der Waals surface area contributed by atoms with Gasteiger partial charge in [0.2, 0.25) is 11.7 Å². The quantitative estimate of drug-likeness (QED) is 0.711. The molecule has 1 aromatic rings. The van der Waals surface area contributed by atoms with Crippen molar-refractivity contribution in [2.45, 2.75) is 26.2 Å². The third-order valence-corrected chi connectivity index (χ3v) is 5.56. The number of nitrogens with zero attached hydrogens (tertiary/aromatic N) is 2. The summed E-state index contributed by atoms with van der Waals surface area (Å²) in [5, 5.41) is 0. The maximum Gasteiger partial charge on any atom is 0.230 e. The van der Waals surface area contributed by atoms with Crippen LogP contribution in [-0.2, 0) is 4.79 Å². The molecule has 1 spiro atoms. The van der Waals surface area contributed by atoms with Crippen molar-refractivity contribution in [3.8, 4) is 17.2 Å². The number of rotatable bonds is 8. The molecule has 6 nitrogen and oxygen atoms in total. The van der Waals surface area contributed by atoms with E-state index < -0.39 is 0 Å². The third kappa shape index (κ3) is 3.61. The average molecular weight is 362 g/mol. The van der Waals surface area contributed by atoms with Crippen molar-refractivity contribution in [1.82, 2.24) is 9.80 Å². The molecule has 144 valence electrons. The van der Waals surface area contributed by atoms with Crippen LogP contribution in [0.2, 0.25) is 0 Å². The monoisotopic (exact) mass is 362 g/mol. The Hall–Kier alpha value is -1.95. The van der Waals surface area contributed by atoms with Gasteiger partial charge in [-0.25, -0.2) is 0 Å². The molecule has 6 heteroatoms. The molecule has 0 aliphatic carbocycles. The summed E-state index contributed by atoms with van der Waals surface area (Å²) < 4.78 is 16.7. The number of likely N-dealkylation sites (tertiary alicyclic amines) is 2. The first-order chi connectivity index (χ1) is 12.6. The lowest BCUT2D eigenvalue weighted by atomic mass is 9.85. The first-order valence-corrected chi connectivity index (χ1v) is 9.49. The molecule has 0 radical (unpaired) electrons. The van der Waals surface area contributed by atoms with E-state index in [0.29, 0.717) is 29.8 Å². The molecule has 1 aromatic carbocycles. The zero-order valence-electron chi connectivity index (χ0n) is 16.1. The molecule has 2 heterocycles. The van der Waals surface area contributed by atoms with E-state index in [1.54, 1.807) is 14.2 Å². The zero-order chi connectivity index (χ0) is 18.6. The van der Waals surface area contributed by atoms with Gasteiger partial charge in [0.1, 0.15) is 6.61 Å². The molecule has 2 aliphatic heterocycles. The summed E-state index contributed by atoms with van der Waals surface area (Å²) in [5.41, 5.74) is -0.155. The fourth-order valence-electron chi connectivity index (χ4n) is 4.14. The zero-order valence-corrected chi connectivity index (χ0v) is 16.1. The molecule has 2 saturated heterocycles. The maximum atomic E-state index is 12.8. The Kier molecular flexibility index (Phi) is 5.91. The fourth-order valence-corrected chi connectivity index (χ4v) is 4.14. The van der Waals surface area contributed by atoms with Gasteiger partial charge in [-0.3, -0.25) is 9.69 Å². The van der Waals surface area contributed by atoms with Crippen LogP contribution >= 0.6 is 0 Å². The SMILES string of the molecule is CCCN1CCC2(CCN(CCOc3c(OC)cccc3OC)C2)C1=O. The molecule has 0 aromatic heterocycles. The van der Waals surface area contributed by atoms with E-state index in [1.165, 1.54) is 0 Å². The number of methoxy groups -OCH3 is 2. The summed E-state index contributed by atoms with van der Waals surface area (Å²) in [7, 11) is 3.25. The van der Waals surface area contributed by atoms with Crippen LogP contribution in [0.25, 0.3) is 0 Å². The highest BCUT2D eigenvalue weighted by atomic mass is 16.5. The van der Waals surface area contributed by atoms with Crippen LogP contribution in [-0.4, -0.2) is 69.3 Å². The summed E-state index contributed by atoms with van der Waals surface area (Å²) in [6.07, 6.45) is 2.98. The molecule has 0 saturated carbocycles. The molecule has 2 fully saturated rings. The van der Waals surface area contributed by atoms with Crippen LogP contribution < -0.4 is 14.2 Å². The highest BCUT2D eigenvalue weighted by Crippen LogP contribution is 2.41. The molecule has 1 amide bonds. The van der Waals surface area contributed by atoms with Crippen LogP contribution in [0.5, 0.6) is 17.2 Å². The smallest absolute Gasteiger partial charge is 0.230 e. The summed E-state index contributed by atoms with van der Waals surface area (Å²) in [5.74, 6) is 2.33. The van der Waals surface area contributed by atoms with Crippen LogP contribution in [0.1, 0.15) is 26.2 Å². The maximum absolute atomic E-state index is 12.8. The predicted octanol–water partition coefficient (Wildman–Crippen LogP) is 2.42.